The summed E-state index contributed by atoms with van der Waals surface area (Å²) in [5.74, 6) is -0.291. The average molecular weight is 265 g/mol. The van der Waals surface area contributed by atoms with Gasteiger partial charge in [0.25, 0.3) is 0 Å². The lowest BCUT2D eigenvalue weighted by Crippen LogP contribution is -2.19. The van der Waals surface area contributed by atoms with Crippen LogP contribution in [0.25, 0.3) is 0 Å². The molecule has 1 aromatic carbocycles. The van der Waals surface area contributed by atoms with Gasteiger partial charge < -0.3 is 19.9 Å². The number of methoxy groups -OCH3 is 2. The Balaban J connectivity index is 2.16. The van der Waals surface area contributed by atoms with Gasteiger partial charge in [-0.1, -0.05) is 0 Å². The standard InChI is InChI=1S/C14H19NO4/c1-18-10-4-3-9(7-10)15-13-8-11(19-2)5-6-12(13)14(16)17/h5-6,8-10,15H,3-4,7H2,1-2H3,(H,16,17). The summed E-state index contributed by atoms with van der Waals surface area (Å²) in [6, 6.07) is 5.19. The quantitative estimate of drug-likeness (QED) is 0.855. The molecule has 1 aliphatic carbocycles. The van der Waals surface area contributed by atoms with Crippen LogP contribution in [0.1, 0.15) is 29.6 Å². The molecule has 0 amide bonds. The number of aromatic carboxylic acids is 1. The molecule has 1 saturated carbocycles. The third-order valence-electron chi connectivity index (χ3n) is 3.53. The third-order valence-corrected chi connectivity index (χ3v) is 3.53. The first-order chi connectivity index (χ1) is 9.13. The molecule has 5 heteroatoms. The van der Waals surface area contributed by atoms with Gasteiger partial charge in [-0.25, -0.2) is 4.79 Å². The van der Waals surface area contributed by atoms with E-state index < -0.39 is 5.97 Å². The minimum Gasteiger partial charge on any atom is -0.497 e. The van der Waals surface area contributed by atoms with Crippen molar-refractivity contribution in [3.05, 3.63) is 23.8 Å². The minimum absolute atomic E-state index is 0.246. The van der Waals surface area contributed by atoms with Crippen molar-refractivity contribution >= 4 is 11.7 Å². The van der Waals surface area contributed by atoms with Gasteiger partial charge >= 0.3 is 5.97 Å². The molecule has 0 radical (unpaired) electrons. The fourth-order valence-electron chi connectivity index (χ4n) is 2.46. The molecular weight excluding hydrogens is 246 g/mol. The SMILES string of the molecule is COc1ccc(C(=O)O)c(NC2CCC(OC)C2)c1. The van der Waals surface area contributed by atoms with Gasteiger partial charge in [-0.2, -0.15) is 0 Å². The summed E-state index contributed by atoms with van der Waals surface area (Å²) in [6.45, 7) is 0. The second-order valence-corrected chi connectivity index (χ2v) is 4.73. The van der Waals surface area contributed by atoms with E-state index in [4.69, 9.17) is 9.47 Å². The van der Waals surface area contributed by atoms with E-state index in [-0.39, 0.29) is 17.7 Å². The molecule has 19 heavy (non-hydrogen) atoms. The smallest absolute Gasteiger partial charge is 0.337 e. The first-order valence-corrected chi connectivity index (χ1v) is 6.34. The highest BCUT2D eigenvalue weighted by Gasteiger charge is 2.25. The second kappa shape index (κ2) is 5.93. The number of anilines is 1. The summed E-state index contributed by atoms with van der Waals surface area (Å²) in [5, 5.41) is 12.5. The van der Waals surface area contributed by atoms with Crippen molar-refractivity contribution in [1.82, 2.24) is 0 Å². The third kappa shape index (κ3) is 3.17. The van der Waals surface area contributed by atoms with Crippen molar-refractivity contribution < 1.29 is 19.4 Å². The fourth-order valence-corrected chi connectivity index (χ4v) is 2.46. The summed E-state index contributed by atoms with van der Waals surface area (Å²) in [4.78, 5) is 11.2. The molecule has 0 bridgehead atoms. The van der Waals surface area contributed by atoms with Crippen LogP contribution in [0.15, 0.2) is 18.2 Å². The van der Waals surface area contributed by atoms with Crippen LogP contribution in [0, 0.1) is 0 Å². The molecule has 0 aliphatic heterocycles. The lowest BCUT2D eigenvalue weighted by Gasteiger charge is -2.17. The Morgan fingerprint density at radius 3 is 2.74 bits per heavy atom. The number of nitrogens with one attached hydrogen (secondary N) is 1. The minimum atomic E-state index is -0.938. The van der Waals surface area contributed by atoms with Crippen LogP contribution in [-0.4, -0.2) is 37.4 Å². The van der Waals surface area contributed by atoms with Gasteiger partial charge in [0.15, 0.2) is 0 Å². The van der Waals surface area contributed by atoms with Gasteiger partial charge in [0, 0.05) is 19.2 Å². The van der Waals surface area contributed by atoms with Crippen molar-refractivity contribution in [2.24, 2.45) is 0 Å². The van der Waals surface area contributed by atoms with E-state index in [9.17, 15) is 9.90 Å². The highest BCUT2D eigenvalue weighted by Crippen LogP contribution is 2.28. The highest BCUT2D eigenvalue weighted by molar-refractivity contribution is 5.94. The summed E-state index contributed by atoms with van der Waals surface area (Å²) < 4.78 is 10.5. The Kier molecular flexibility index (Phi) is 4.27. The zero-order valence-electron chi connectivity index (χ0n) is 11.2. The molecule has 2 rings (SSSR count). The number of hydrogen-bond donors (Lipinski definition) is 2. The van der Waals surface area contributed by atoms with Crippen LogP contribution >= 0.6 is 0 Å². The number of benzene rings is 1. The first-order valence-electron chi connectivity index (χ1n) is 6.34. The van der Waals surface area contributed by atoms with Crippen LogP contribution in [0.3, 0.4) is 0 Å². The molecule has 2 N–H and O–H groups in total. The molecule has 5 nitrogen and oxygen atoms in total. The van der Waals surface area contributed by atoms with Crippen molar-refractivity contribution in [1.29, 1.82) is 0 Å². The number of ether oxygens (including phenoxy) is 2. The first kappa shape index (κ1) is 13.7. The lowest BCUT2D eigenvalue weighted by atomic mass is 10.1. The maximum atomic E-state index is 11.2. The van der Waals surface area contributed by atoms with E-state index in [0.29, 0.717) is 11.4 Å². The molecule has 0 aromatic heterocycles. The predicted molar refractivity (Wildman–Crippen MR) is 72.0 cm³/mol. The van der Waals surface area contributed by atoms with Crippen LogP contribution in [0.5, 0.6) is 5.75 Å². The molecule has 2 unspecified atom stereocenters. The Bertz CT molecular complexity index is 461. The molecule has 1 fully saturated rings. The molecule has 0 heterocycles. The number of hydrogen-bond acceptors (Lipinski definition) is 4. The van der Waals surface area contributed by atoms with Gasteiger partial charge in [-0.15, -0.1) is 0 Å². The van der Waals surface area contributed by atoms with Crippen LogP contribution < -0.4 is 10.1 Å². The van der Waals surface area contributed by atoms with Crippen molar-refractivity contribution in [3.63, 3.8) is 0 Å². The van der Waals surface area contributed by atoms with Gasteiger partial charge in [-0.3, -0.25) is 0 Å². The fraction of sp³-hybridized carbons (Fsp3) is 0.500. The van der Waals surface area contributed by atoms with E-state index >= 15 is 0 Å². The summed E-state index contributed by atoms with van der Waals surface area (Å²) in [6.07, 6.45) is 3.14. The van der Waals surface area contributed by atoms with Gasteiger partial charge in [-0.05, 0) is 31.4 Å². The average Bonchev–Trinajstić information content (AvgIpc) is 2.86. The van der Waals surface area contributed by atoms with Crippen LogP contribution in [-0.2, 0) is 4.74 Å². The molecule has 104 valence electrons. The Morgan fingerprint density at radius 2 is 2.16 bits per heavy atom. The Hall–Kier alpha value is -1.75. The highest BCUT2D eigenvalue weighted by atomic mass is 16.5. The van der Waals surface area contributed by atoms with Gasteiger partial charge in [0.05, 0.1) is 24.5 Å². The normalized spacial score (nSPS) is 22.2. The molecular formula is C14H19NO4. The summed E-state index contributed by atoms with van der Waals surface area (Å²) >= 11 is 0. The van der Waals surface area contributed by atoms with E-state index in [2.05, 4.69) is 5.32 Å². The van der Waals surface area contributed by atoms with Gasteiger partial charge in [0.2, 0.25) is 0 Å². The van der Waals surface area contributed by atoms with Crippen molar-refractivity contribution in [3.8, 4) is 5.75 Å². The van der Waals surface area contributed by atoms with Crippen LogP contribution in [0.2, 0.25) is 0 Å². The van der Waals surface area contributed by atoms with E-state index in [1.807, 2.05) is 0 Å². The van der Waals surface area contributed by atoms with Gasteiger partial charge in [0.1, 0.15) is 5.75 Å². The summed E-state index contributed by atoms with van der Waals surface area (Å²) in [5.41, 5.74) is 0.871. The number of rotatable bonds is 5. The second-order valence-electron chi connectivity index (χ2n) is 4.73. The van der Waals surface area contributed by atoms with E-state index in [1.165, 1.54) is 0 Å². The molecule has 0 saturated heterocycles. The van der Waals surface area contributed by atoms with E-state index in [0.717, 1.165) is 19.3 Å². The molecule has 0 spiro atoms. The lowest BCUT2D eigenvalue weighted by molar-refractivity contribution is 0.0698. The van der Waals surface area contributed by atoms with E-state index in [1.54, 1.807) is 32.4 Å². The predicted octanol–water partition coefficient (Wildman–Crippen LogP) is 2.37. The maximum Gasteiger partial charge on any atom is 0.337 e. The largest absolute Gasteiger partial charge is 0.497 e. The zero-order valence-corrected chi connectivity index (χ0v) is 11.2. The summed E-state index contributed by atoms with van der Waals surface area (Å²) in [7, 11) is 3.28. The Labute approximate surface area is 112 Å². The maximum absolute atomic E-state index is 11.2. The zero-order chi connectivity index (χ0) is 13.8. The van der Waals surface area contributed by atoms with Crippen molar-refractivity contribution in [2.75, 3.05) is 19.5 Å². The monoisotopic (exact) mass is 265 g/mol. The number of carboxylic acid groups (broad SMARTS) is 1. The number of carboxylic acids is 1. The van der Waals surface area contributed by atoms with Crippen molar-refractivity contribution in [2.45, 2.75) is 31.4 Å². The molecule has 2 atom stereocenters. The molecule has 1 aromatic rings. The number of carbonyl (C=O) groups is 1. The van der Waals surface area contributed by atoms with Crippen LogP contribution in [0.4, 0.5) is 5.69 Å². The Morgan fingerprint density at radius 1 is 1.37 bits per heavy atom. The topological polar surface area (TPSA) is 67.8 Å². The molecule has 1 aliphatic rings.